The molecule has 9 heteroatoms. The molecular weight excluding hydrogens is 412 g/mol. The van der Waals surface area contributed by atoms with Crippen LogP contribution in [-0.2, 0) is 10.0 Å². The van der Waals surface area contributed by atoms with Gasteiger partial charge >= 0.3 is 0 Å². The molecule has 0 radical (unpaired) electrons. The van der Waals surface area contributed by atoms with Crippen LogP contribution in [0.2, 0.25) is 5.02 Å². The van der Waals surface area contributed by atoms with Crippen LogP contribution in [0.15, 0.2) is 65.8 Å². The van der Waals surface area contributed by atoms with Gasteiger partial charge in [-0.05, 0) is 42.5 Å². The van der Waals surface area contributed by atoms with E-state index in [1.165, 1.54) is 22.5 Å². The molecule has 152 valence electrons. The number of anilines is 1. The summed E-state index contributed by atoms with van der Waals surface area (Å²) in [7, 11) is -3.79. The van der Waals surface area contributed by atoms with Crippen molar-refractivity contribution in [1.82, 2.24) is 14.1 Å². The van der Waals surface area contributed by atoms with Crippen molar-refractivity contribution in [1.29, 1.82) is 0 Å². The lowest BCUT2D eigenvalue weighted by Gasteiger charge is -2.19. The van der Waals surface area contributed by atoms with Crippen molar-refractivity contribution in [2.24, 2.45) is 0 Å². The van der Waals surface area contributed by atoms with Crippen LogP contribution in [0.4, 0.5) is 5.69 Å². The van der Waals surface area contributed by atoms with Gasteiger partial charge in [0.25, 0.3) is 5.91 Å². The van der Waals surface area contributed by atoms with Gasteiger partial charge in [0.1, 0.15) is 4.90 Å². The molecule has 0 atom stereocenters. The molecule has 0 aliphatic heterocycles. The Bertz CT molecular complexity index is 1110. The first-order chi connectivity index (χ1) is 13.9. The normalized spacial score (nSPS) is 11.6. The Labute approximate surface area is 175 Å². The van der Waals surface area contributed by atoms with Crippen LogP contribution in [0.1, 0.15) is 24.2 Å². The summed E-state index contributed by atoms with van der Waals surface area (Å²) in [5, 5.41) is 7.03. The molecule has 1 amide bonds. The highest BCUT2D eigenvalue weighted by molar-refractivity contribution is 7.89. The number of aromatic nitrogens is 2. The quantitative estimate of drug-likeness (QED) is 0.615. The molecule has 0 bridgehead atoms. The van der Waals surface area contributed by atoms with Gasteiger partial charge in [-0.25, -0.2) is 13.1 Å². The Balaban J connectivity index is 1.88. The zero-order valence-electron chi connectivity index (χ0n) is 16.0. The van der Waals surface area contributed by atoms with E-state index in [0.29, 0.717) is 18.8 Å². The van der Waals surface area contributed by atoms with Gasteiger partial charge in [0, 0.05) is 36.7 Å². The summed E-state index contributed by atoms with van der Waals surface area (Å²) in [6, 6.07) is 13.2. The topological polar surface area (TPSA) is 84.3 Å². The number of halogens is 1. The number of hydrogen-bond donors (Lipinski definition) is 1. The molecule has 1 N–H and O–H groups in total. The Kier molecular flexibility index (Phi) is 6.36. The number of amides is 1. The van der Waals surface area contributed by atoms with Gasteiger partial charge in [0.2, 0.25) is 10.0 Å². The summed E-state index contributed by atoms with van der Waals surface area (Å²) in [5.74, 6) is -0.435. The maximum atomic E-state index is 12.8. The molecule has 0 aliphatic carbocycles. The minimum Gasteiger partial charge on any atom is -0.322 e. The fraction of sp³-hybridized carbons (Fsp3) is 0.200. The van der Waals surface area contributed by atoms with Crippen molar-refractivity contribution in [3.63, 3.8) is 0 Å². The Morgan fingerprint density at radius 1 is 1.14 bits per heavy atom. The Hall–Kier alpha value is -2.68. The predicted molar refractivity (Wildman–Crippen MR) is 113 cm³/mol. The number of hydrogen-bond acceptors (Lipinski definition) is 4. The molecule has 0 spiro atoms. The number of rotatable bonds is 7. The van der Waals surface area contributed by atoms with E-state index in [9.17, 15) is 13.2 Å². The Morgan fingerprint density at radius 3 is 2.55 bits per heavy atom. The molecule has 0 aliphatic rings. The minimum atomic E-state index is -3.79. The monoisotopic (exact) mass is 432 g/mol. The van der Waals surface area contributed by atoms with Gasteiger partial charge in [0.15, 0.2) is 0 Å². The summed E-state index contributed by atoms with van der Waals surface area (Å²) < 4.78 is 28.6. The van der Waals surface area contributed by atoms with Gasteiger partial charge in [-0.15, -0.1) is 0 Å². The third-order valence-corrected chi connectivity index (χ3v) is 6.92. The van der Waals surface area contributed by atoms with E-state index < -0.39 is 15.9 Å². The lowest BCUT2D eigenvalue weighted by atomic mass is 10.2. The summed E-state index contributed by atoms with van der Waals surface area (Å²) in [5.41, 5.74) is 1.55. The summed E-state index contributed by atoms with van der Waals surface area (Å²) in [4.78, 5) is 12.6. The van der Waals surface area contributed by atoms with Crippen molar-refractivity contribution in [3.8, 4) is 5.69 Å². The zero-order valence-corrected chi connectivity index (χ0v) is 17.6. The average Bonchev–Trinajstić information content (AvgIpc) is 3.24. The van der Waals surface area contributed by atoms with E-state index in [1.54, 1.807) is 55.2 Å². The van der Waals surface area contributed by atoms with Crippen LogP contribution < -0.4 is 5.32 Å². The first-order valence-corrected chi connectivity index (χ1v) is 10.9. The van der Waals surface area contributed by atoms with Gasteiger partial charge < -0.3 is 5.32 Å². The number of sulfonamides is 1. The molecule has 0 saturated carbocycles. The van der Waals surface area contributed by atoms with Crippen LogP contribution in [0.25, 0.3) is 5.69 Å². The molecule has 2 aromatic carbocycles. The van der Waals surface area contributed by atoms with E-state index in [1.807, 2.05) is 6.07 Å². The summed E-state index contributed by atoms with van der Waals surface area (Å²) in [6.45, 7) is 4.12. The second kappa shape index (κ2) is 8.77. The molecule has 29 heavy (non-hydrogen) atoms. The molecule has 0 saturated heterocycles. The predicted octanol–water partition coefficient (Wildman–Crippen LogP) is 3.81. The van der Waals surface area contributed by atoms with E-state index >= 15 is 0 Å². The van der Waals surface area contributed by atoms with Crippen molar-refractivity contribution in [3.05, 3.63) is 71.5 Å². The number of carbonyl (C=O) groups excluding carboxylic acids is 1. The fourth-order valence-electron chi connectivity index (χ4n) is 2.90. The van der Waals surface area contributed by atoms with Crippen LogP contribution in [0.3, 0.4) is 0 Å². The average molecular weight is 433 g/mol. The summed E-state index contributed by atoms with van der Waals surface area (Å²) >= 11 is 6.13. The second-order valence-electron chi connectivity index (χ2n) is 6.19. The molecule has 3 rings (SSSR count). The molecule has 0 fully saturated rings. The molecule has 0 unspecified atom stereocenters. The van der Waals surface area contributed by atoms with Gasteiger partial charge in [0.05, 0.1) is 10.7 Å². The van der Waals surface area contributed by atoms with E-state index in [2.05, 4.69) is 10.4 Å². The van der Waals surface area contributed by atoms with Gasteiger partial charge in [-0.2, -0.15) is 9.40 Å². The molecule has 1 heterocycles. The van der Waals surface area contributed by atoms with Crippen molar-refractivity contribution in [2.75, 3.05) is 18.4 Å². The molecule has 3 aromatic rings. The van der Waals surface area contributed by atoms with E-state index in [4.69, 9.17) is 11.6 Å². The van der Waals surface area contributed by atoms with Gasteiger partial charge in [-0.3, -0.25) is 4.79 Å². The molecule has 1 aromatic heterocycles. The van der Waals surface area contributed by atoms with Crippen LogP contribution in [-0.4, -0.2) is 41.5 Å². The smallest absolute Gasteiger partial charge is 0.255 e. The minimum absolute atomic E-state index is 0.0779. The number of nitrogens with one attached hydrogen (secondary N) is 1. The number of carbonyl (C=O) groups is 1. The van der Waals surface area contributed by atoms with Gasteiger partial charge in [-0.1, -0.05) is 31.5 Å². The lowest BCUT2D eigenvalue weighted by Crippen LogP contribution is -2.31. The highest BCUT2D eigenvalue weighted by Gasteiger charge is 2.25. The van der Waals surface area contributed by atoms with E-state index in [-0.39, 0.29) is 15.5 Å². The SMILES string of the molecule is CCN(CC)S(=O)(=O)c1cc(C(=O)Nc2cccc(-n3cccn3)c2)ccc1Cl. The third kappa shape index (κ3) is 4.50. The fourth-order valence-corrected chi connectivity index (χ4v) is 4.85. The van der Waals surface area contributed by atoms with E-state index in [0.717, 1.165) is 5.69 Å². The number of benzene rings is 2. The van der Waals surface area contributed by atoms with Crippen molar-refractivity contribution >= 4 is 33.2 Å². The first-order valence-electron chi connectivity index (χ1n) is 9.08. The molecular formula is C20H21ClN4O3S. The molecule has 7 nitrogen and oxygen atoms in total. The largest absolute Gasteiger partial charge is 0.322 e. The lowest BCUT2D eigenvalue weighted by molar-refractivity contribution is 0.102. The number of nitrogens with zero attached hydrogens (tertiary/aromatic N) is 3. The van der Waals surface area contributed by atoms with Crippen LogP contribution >= 0.6 is 11.6 Å². The Morgan fingerprint density at radius 2 is 1.90 bits per heavy atom. The highest BCUT2D eigenvalue weighted by atomic mass is 35.5. The standard InChI is InChI=1S/C20H21ClN4O3S/c1-3-24(4-2)29(27,28)19-13-15(9-10-18(19)21)20(26)23-16-7-5-8-17(14-16)25-12-6-11-22-25/h5-14H,3-4H2,1-2H3,(H,23,26). The first kappa shape index (κ1) is 21.0. The highest BCUT2D eigenvalue weighted by Crippen LogP contribution is 2.26. The zero-order chi connectivity index (χ0) is 21.0. The summed E-state index contributed by atoms with van der Waals surface area (Å²) in [6.07, 6.45) is 3.46. The van der Waals surface area contributed by atoms with Crippen LogP contribution in [0.5, 0.6) is 0 Å². The van der Waals surface area contributed by atoms with Crippen molar-refractivity contribution < 1.29 is 13.2 Å². The van der Waals surface area contributed by atoms with Crippen molar-refractivity contribution in [2.45, 2.75) is 18.7 Å². The maximum Gasteiger partial charge on any atom is 0.255 e. The second-order valence-corrected chi connectivity index (χ2v) is 8.50. The van der Waals surface area contributed by atoms with Crippen LogP contribution in [0, 0.1) is 0 Å². The maximum absolute atomic E-state index is 12.8. The third-order valence-electron chi connectivity index (χ3n) is 4.39.